The largest absolute Gasteiger partial charge is 0.497 e. The first-order valence-electron chi connectivity index (χ1n) is 16.1. The van der Waals surface area contributed by atoms with E-state index in [0.29, 0.717) is 24.4 Å². The number of nitrogens with zero attached hydrogens (tertiary/aromatic N) is 5. The summed E-state index contributed by atoms with van der Waals surface area (Å²) in [7, 11) is 3.58. The fourth-order valence-electron chi connectivity index (χ4n) is 6.40. The summed E-state index contributed by atoms with van der Waals surface area (Å²) < 4.78 is 13.5. The average Bonchev–Trinajstić information content (AvgIpc) is 3.63. The number of carbonyl (C=O) groups is 1. The van der Waals surface area contributed by atoms with Crippen molar-refractivity contribution in [2.24, 2.45) is 0 Å². The van der Waals surface area contributed by atoms with Gasteiger partial charge in [-0.1, -0.05) is 42.5 Å². The maximum Gasteiger partial charge on any atom is 0.253 e. The lowest BCUT2D eigenvalue weighted by Gasteiger charge is -2.28. The molecule has 5 aromatic rings. The molecule has 9 heteroatoms. The van der Waals surface area contributed by atoms with Crippen LogP contribution in [0.5, 0.6) is 5.75 Å². The zero-order valence-corrected chi connectivity index (χ0v) is 26.7. The molecule has 1 amide bonds. The highest BCUT2D eigenvalue weighted by molar-refractivity contribution is 5.94. The number of imidazole rings is 1. The van der Waals surface area contributed by atoms with E-state index in [2.05, 4.69) is 38.6 Å². The Hall–Kier alpha value is -4.60. The molecule has 1 N–H and O–H groups in total. The summed E-state index contributed by atoms with van der Waals surface area (Å²) in [5.41, 5.74) is 3.94. The molecule has 0 aliphatic carbocycles. The number of aromatic nitrogens is 2. The Kier molecular flexibility index (Phi) is 10.0. The van der Waals surface area contributed by atoms with E-state index in [1.165, 1.54) is 5.56 Å². The summed E-state index contributed by atoms with van der Waals surface area (Å²) in [4.78, 5) is 25.1. The highest BCUT2D eigenvalue weighted by Crippen LogP contribution is 2.27. The first kappa shape index (κ1) is 31.4. The average molecular weight is 622 g/mol. The van der Waals surface area contributed by atoms with Crippen LogP contribution in [-0.2, 0) is 13.2 Å². The number of carbonyl (C=O) groups excluding carboxylic acids is 1. The monoisotopic (exact) mass is 621 g/mol. The van der Waals surface area contributed by atoms with Crippen molar-refractivity contribution in [3.63, 3.8) is 0 Å². The van der Waals surface area contributed by atoms with E-state index in [0.717, 1.165) is 74.1 Å². The van der Waals surface area contributed by atoms with Crippen LogP contribution in [0.25, 0.3) is 11.0 Å². The summed E-state index contributed by atoms with van der Waals surface area (Å²) in [5.74, 6) is 3.36. The Labute approximate surface area is 270 Å². The zero-order chi connectivity index (χ0) is 31.9. The first-order valence-corrected chi connectivity index (χ1v) is 16.1. The maximum absolute atomic E-state index is 13.2. The summed E-state index contributed by atoms with van der Waals surface area (Å²) in [6.45, 7) is 5.71. The third kappa shape index (κ3) is 7.27. The lowest BCUT2D eigenvalue weighted by atomic mass is 9.94. The van der Waals surface area contributed by atoms with Gasteiger partial charge in [0.15, 0.2) is 0 Å². The number of anilines is 1. The molecule has 1 unspecified atom stereocenters. The lowest BCUT2D eigenvalue weighted by Crippen LogP contribution is -2.35. The number of methoxy groups -OCH3 is 1. The molecule has 1 fully saturated rings. The van der Waals surface area contributed by atoms with Crippen molar-refractivity contribution >= 4 is 22.9 Å². The predicted octanol–water partition coefficient (Wildman–Crippen LogP) is 5.64. The zero-order valence-electron chi connectivity index (χ0n) is 26.7. The Morgan fingerprint density at radius 2 is 1.70 bits per heavy atom. The van der Waals surface area contributed by atoms with Gasteiger partial charge < -0.3 is 33.5 Å². The van der Waals surface area contributed by atoms with Crippen molar-refractivity contribution in [1.29, 1.82) is 0 Å². The van der Waals surface area contributed by atoms with Crippen LogP contribution in [0.15, 0.2) is 95.4 Å². The standard InChI is InChI=1S/C37H43N5O4/c1-39(36(44)29-9-4-3-5-10-29)25-30(28-13-15-31(45-2)16-14-28)19-22-40-20-8-21-41(24-23-40)37-38-34-11-6-7-12-35(34)42(37)26-32-17-18-33(27-43)46-32/h3-7,9-18,30,43H,8,19-27H2,1-2H3. The van der Waals surface area contributed by atoms with Crippen LogP contribution >= 0.6 is 0 Å². The fraction of sp³-hybridized carbons (Fsp3) is 0.351. The van der Waals surface area contributed by atoms with Crippen LogP contribution in [-0.4, -0.2) is 83.8 Å². The summed E-state index contributed by atoms with van der Waals surface area (Å²) >= 11 is 0. The van der Waals surface area contributed by atoms with Gasteiger partial charge in [0.2, 0.25) is 5.95 Å². The third-order valence-corrected chi connectivity index (χ3v) is 8.94. The van der Waals surface area contributed by atoms with E-state index >= 15 is 0 Å². The van der Waals surface area contributed by atoms with Crippen molar-refractivity contribution in [2.45, 2.75) is 31.9 Å². The van der Waals surface area contributed by atoms with E-state index in [9.17, 15) is 9.90 Å². The van der Waals surface area contributed by atoms with Crippen molar-refractivity contribution in [1.82, 2.24) is 19.4 Å². The molecule has 9 nitrogen and oxygen atoms in total. The molecular weight excluding hydrogens is 578 g/mol. The number of benzene rings is 3. The van der Waals surface area contributed by atoms with Crippen molar-refractivity contribution in [3.05, 3.63) is 114 Å². The van der Waals surface area contributed by atoms with Gasteiger partial charge in [0, 0.05) is 44.7 Å². The number of furan rings is 1. The van der Waals surface area contributed by atoms with Gasteiger partial charge in [0.05, 0.1) is 24.7 Å². The van der Waals surface area contributed by atoms with Crippen molar-refractivity contribution in [3.8, 4) is 5.75 Å². The Morgan fingerprint density at radius 1 is 0.935 bits per heavy atom. The topological polar surface area (TPSA) is 87.2 Å². The maximum atomic E-state index is 13.2. The molecule has 2 aromatic heterocycles. The molecule has 0 radical (unpaired) electrons. The molecule has 3 heterocycles. The van der Waals surface area contributed by atoms with E-state index in [4.69, 9.17) is 14.1 Å². The van der Waals surface area contributed by atoms with E-state index in [-0.39, 0.29) is 18.4 Å². The minimum atomic E-state index is -0.113. The number of likely N-dealkylation sites (N-methyl/N-ethyl adjacent to an activating group) is 1. The Morgan fingerprint density at radius 3 is 2.46 bits per heavy atom. The summed E-state index contributed by atoms with van der Waals surface area (Å²) in [6, 6.07) is 29.7. The molecule has 1 aliphatic rings. The van der Waals surface area contributed by atoms with Gasteiger partial charge in [-0.3, -0.25) is 4.79 Å². The van der Waals surface area contributed by atoms with Crippen LogP contribution < -0.4 is 9.64 Å². The van der Waals surface area contributed by atoms with Crippen LogP contribution in [0.2, 0.25) is 0 Å². The highest BCUT2D eigenvalue weighted by atomic mass is 16.5. The molecular formula is C37H43N5O4. The molecule has 1 saturated heterocycles. The fourth-order valence-corrected chi connectivity index (χ4v) is 6.40. The number of fused-ring (bicyclic) bond motifs is 1. The smallest absolute Gasteiger partial charge is 0.253 e. The molecule has 1 aliphatic heterocycles. The first-order chi connectivity index (χ1) is 22.5. The SMILES string of the molecule is COc1ccc(C(CCN2CCCN(c3nc4ccccc4n3Cc3ccc(CO)o3)CC2)CN(C)C(=O)c2ccccc2)cc1. The number of aliphatic hydroxyl groups excluding tert-OH is 1. The van der Waals surface area contributed by atoms with E-state index in [1.54, 1.807) is 7.11 Å². The number of hydrogen-bond acceptors (Lipinski definition) is 7. The van der Waals surface area contributed by atoms with E-state index < -0.39 is 0 Å². The minimum absolute atomic E-state index is 0.0366. The quantitative estimate of drug-likeness (QED) is 0.193. The van der Waals surface area contributed by atoms with Gasteiger partial charge >= 0.3 is 0 Å². The molecule has 0 bridgehead atoms. The van der Waals surface area contributed by atoms with Crippen LogP contribution in [0.1, 0.15) is 46.2 Å². The lowest BCUT2D eigenvalue weighted by molar-refractivity contribution is 0.0782. The molecule has 1 atom stereocenters. The van der Waals surface area contributed by atoms with Crippen molar-refractivity contribution < 1.29 is 19.1 Å². The Bertz CT molecular complexity index is 1710. The van der Waals surface area contributed by atoms with Crippen LogP contribution in [0.3, 0.4) is 0 Å². The second-order valence-electron chi connectivity index (χ2n) is 12.0. The minimum Gasteiger partial charge on any atom is -0.497 e. The number of rotatable bonds is 12. The summed E-state index contributed by atoms with van der Waals surface area (Å²) in [5, 5.41) is 9.49. The molecule has 3 aromatic carbocycles. The third-order valence-electron chi connectivity index (χ3n) is 8.94. The number of aliphatic hydroxyl groups is 1. The number of para-hydroxylation sites is 2. The van der Waals surface area contributed by atoms with Gasteiger partial charge in [0.25, 0.3) is 5.91 Å². The summed E-state index contributed by atoms with van der Waals surface area (Å²) in [6.07, 6.45) is 1.96. The van der Waals surface area contributed by atoms with Gasteiger partial charge in [-0.15, -0.1) is 0 Å². The number of ether oxygens (including phenoxy) is 1. The van der Waals surface area contributed by atoms with Crippen molar-refractivity contribution in [2.75, 3.05) is 58.3 Å². The highest BCUT2D eigenvalue weighted by Gasteiger charge is 2.24. The normalized spacial score (nSPS) is 14.7. The number of hydrogen-bond donors (Lipinski definition) is 1. The van der Waals surface area contributed by atoms with Crippen LogP contribution in [0, 0.1) is 0 Å². The predicted molar refractivity (Wildman–Crippen MR) is 180 cm³/mol. The van der Waals surface area contributed by atoms with E-state index in [1.807, 2.05) is 78.7 Å². The Balaban J connectivity index is 1.14. The second kappa shape index (κ2) is 14.7. The van der Waals surface area contributed by atoms with Gasteiger partial charge in [0.1, 0.15) is 23.9 Å². The van der Waals surface area contributed by atoms with Gasteiger partial charge in [-0.25, -0.2) is 4.98 Å². The van der Waals surface area contributed by atoms with Crippen LogP contribution in [0.4, 0.5) is 5.95 Å². The molecule has 46 heavy (non-hydrogen) atoms. The molecule has 0 saturated carbocycles. The molecule has 0 spiro atoms. The van der Waals surface area contributed by atoms with Gasteiger partial charge in [-0.05, 0) is 80.0 Å². The van der Waals surface area contributed by atoms with Gasteiger partial charge in [-0.2, -0.15) is 0 Å². The molecule has 240 valence electrons. The number of amides is 1. The molecule has 6 rings (SSSR count). The second-order valence-corrected chi connectivity index (χ2v) is 12.0.